The number of hydrogen-bond donors (Lipinski definition) is 2. The molecule has 54 valence electrons. The minimum absolute atomic E-state index is 0.111. The molecule has 0 aromatic rings. The number of nitrogens with one attached hydrogen (secondary N) is 1. The molecule has 0 saturated carbocycles. The third kappa shape index (κ3) is 5.54. The third-order valence-electron chi connectivity index (χ3n) is 0.717. The van der Waals surface area contributed by atoms with Crippen molar-refractivity contribution in [1.29, 1.82) is 0 Å². The standard InChI is InChI=1S/C3H8N2O3S/c1-2-5(6)3-4-9(7)8/h4H,2-3H2,1H3/p+1. The molecule has 0 amide bonds. The molecule has 0 aliphatic rings. The molecular weight excluding hydrogens is 144 g/mol. The predicted molar refractivity (Wildman–Crippen MR) is 32.9 cm³/mol. The summed E-state index contributed by atoms with van der Waals surface area (Å²) in [6, 6.07) is 0. The van der Waals surface area contributed by atoms with Gasteiger partial charge in [0.05, 0.1) is 0 Å². The average Bonchev–Trinajstić information content (AvgIpc) is 1.83. The highest BCUT2D eigenvalue weighted by Gasteiger charge is 2.03. The van der Waals surface area contributed by atoms with Gasteiger partial charge < -0.3 is 0 Å². The molecule has 0 aliphatic carbocycles. The number of rotatable bonds is 4. The summed E-state index contributed by atoms with van der Waals surface area (Å²) in [7, 11) is 0. The van der Waals surface area contributed by atoms with Crippen LogP contribution in [-0.2, 0) is 11.3 Å². The van der Waals surface area contributed by atoms with Crippen molar-refractivity contribution in [2.24, 2.45) is 0 Å². The van der Waals surface area contributed by atoms with E-state index in [1.165, 1.54) is 0 Å². The number of hydrogen-bond acceptors (Lipinski definition) is 2. The van der Waals surface area contributed by atoms with Crippen molar-refractivity contribution < 1.29 is 13.5 Å². The topological polar surface area (TPSA) is 69.4 Å². The molecule has 1 atom stereocenters. The minimum atomic E-state index is -2.08. The van der Waals surface area contributed by atoms with Crippen LogP contribution in [0.2, 0.25) is 0 Å². The summed E-state index contributed by atoms with van der Waals surface area (Å²) in [5, 5.41) is 0. The van der Waals surface area contributed by atoms with Crippen molar-refractivity contribution in [2.75, 3.05) is 13.2 Å². The maximum atomic E-state index is 10.3. The van der Waals surface area contributed by atoms with E-state index in [-0.39, 0.29) is 6.67 Å². The third-order valence-corrected chi connectivity index (χ3v) is 1.09. The van der Waals surface area contributed by atoms with Gasteiger partial charge in [0.1, 0.15) is 0 Å². The zero-order chi connectivity index (χ0) is 7.28. The molecule has 0 bridgehead atoms. The Morgan fingerprint density at radius 3 is 2.67 bits per heavy atom. The highest BCUT2D eigenvalue weighted by Crippen LogP contribution is 1.68. The fraction of sp³-hybridized carbons (Fsp3) is 1.00. The van der Waals surface area contributed by atoms with Crippen LogP contribution in [0.4, 0.5) is 0 Å². The van der Waals surface area contributed by atoms with E-state index in [9.17, 15) is 9.12 Å². The van der Waals surface area contributed by atoms with Crippen LogP contribution in [-0.4, -0.2) is 26.7 Å². The van der Waals surface area contributed by atoms with Crippen LogP contribution in [0, 0.1) is 4.91 Å². The Bertz CT molecular complexity index is 126. The van der Waals surface area contributed by atoms with Crippen molar-refractivity contribution in [3.8, 4) is 0 Å². The molecule has 0 aromatic heterocycles. The van der Waals surface area contributed by atoms with E-state index in [2.05, 4.69) is 0 Å². The Labute approximate surface area is 55.4 Å². The molecule has 0 aromatic carbocycles. The second-order valence-electron chi connectivity index (χ2n) is 1.35. The lowest BCUT2D eigenvalue weighted by molar-refractivity contribution is -0.547. The summed E-state index contributed by atoms with van der Waals surface area (Å²) in [6.45, 7) is 1.86. The van der Waals surface area contributed by atoms with Gasteiger partial charge in [-0.3, -0.25) is 4.55 Å². The molecule has 5 nitrogen and oxygen atoms in total. The second-order valence-corrected chi connectivity index (χ2v) is 2.14. The minimum Gasteiger partial charge on any atom is -0.294 e. The smallest absolute Gasteiger partial charge is 0.257 e. The second kappa shape index (κ2) is 4.54. The summed E-state index contributed by atoms with van der Waals surface area (Å²) in [5.74, 6) is 0. The van der Waals surface area contributed by atoms with Crippen molar-refractivity contribution in [3.05, 3.63) is 4.91 Å². The molecule has 0 radical (unpaired) electrons. The van der Waals surface area contributed by atoms with Gasteiger partial charge in [-0.2, -0.15) is 4.72 Å². The van der Waals surface area contributed by atoms with E-state index in [0.29, 0.717) is 11.3 Å². The van der Waals surface area contributed by atoms with Gasteiger partial charge in [-0.15, -0.1) is 0 Å². The zero-order valence-corrected chi connectivity index (χ0v) is 5.85. The number of nitrogens with zero attached hydrogens (tertiary/aromatic N) is 1. The molecule has 9 heavy (non-hydrogen) atoms. The molecule has 6 heteroatoms. The first-order chi connectivity index (χ1) is 4.16. The van der Waals surface area contributed by atoms with Gasteiger partial charge >= 0.3 is 0 Å². The van der Waals surface area contributed by atoms with Crippen LogP contribution >= 0.6 is 0 Å². The van der Waals surface area contributed by atoms with Crippen molar-refractivity contribution in [3.63, 3.8) is 0 Å². The monoisotopic (exact) mass is 153 g/mol. The molecule has 2 N–H and O–H groups in total. The average molecular weight is 153 g/mol. The highest BCUT2D eigenvalue weighted by atomic mass is 32.2. The van der Waals surface area contributed by atoms with Gasteiger partial charge in [0, 0.05) is 9.67 Å². The summed E-state index contributed by atoms with van der Waals surface area (Å²) >= 11 is -2.08. The Kier molecular flexibility index (Phi) is 4.37. The SMILES string of the molecule is CC[N+](=O)CNS(=O)O. The van der Waals surface area contributed by atoms with Gasteiger partial charge in [0.15, 0.2) is 6.54 Å². The summed E-state index contributed by atoms with van der Waals surface area (Å²) in [4.78, 5) is 10.3. The maximum absolute atomic E-state index is 10.3. The first-order valence-corrected chi connectivity index (χ1v) is 3.54. The Morgan fingerprint density at radius 1 is 1.78 bits per heavy atom. The quantitative estimate of drug-likeness (QED) is 0.324. The summed E-state index contributed by atoms with van der Waals surface area (Å²) < 4.78 is 20.6. The van der Waals surface area contributed by atoms with Crippen molar-refractivity contribution in [2.45, 2.75) is 6.92 Å². The molecule has 0 aliphatic heterocycles. The van der Waals surface area contributed by atoms with Gasteiger partial charge in [0.25, 0.3) is 6.67 Å². The lowest BCUT2D eigenvalue weighted by Crippen LogP contribution is -2.26. The largest absolute Gasteiger partial charge is 0.294 e. The lowest BCUT2D eigenvalue weighted by atomic mass is 10.7. The van der Waals surface area contributed by atoms with E-state index in [1.807, 2.05) is 4.72 Å². The van der Waals surface area contributed by atoms with Crippen LogP contribution in [0.5, 0.6) is 0 Å². The van der Waals surface area contributed by atoms with E-state index in [1.54, 1.807) is 6.92 Å². The van der Waals surface area contributed by atoms with Crippen LogP contribution in [0.15, 0.2) is 0 Å². The van der Waals surface area contributed by atoms with Gasteiger partial charge in [0.2, 0.25) is 11.3 Å². The molecule has 0 heterocycles. The molecular formula is C3H9N2O3S+. The van der Waals surface area contributed by atoms with Gasteiger partial charge in [-0.25, -0.2) is 4.21 Å². The maximum Gasteiger partial charge on any atom is 0.257 e. The Hall–Kier alpha value is -0.330. The fourth-order valence-electron chi connectivity index (χ4n) is 0.239. The Balaban J connectivity index is 3.28. The van der Waals surface area contributed by atoms with Crippen molar-refractivity contribution >= 4 is 11.3 Å². The number of nitroso groups, excluding NO2 is 1. The van der Waals surface area contributed by atoms with Crippen LogP contribution in [0.1, 0.15) is 6.92 Å². The normalized spacial score (nSPS) is 13.1. The van der Waals surface area contributed by atoms with E-state index >= 15 is 0 Å². The fourth-order valence-corrected chi connectivity index (χ4v) is 0.493. The molecule has 0 spiro atoms. The van der Waals surface area contributed by atoms with Crippen LogP contribution < -0.4 is 4.72 Å². The van der Waals surface area contributed by atoms with Gasteiger partial charge in [-0.1, -0.05) is 0 Å². The van der Waals surface area contributed by atoms with Crippen molar-refractivity contribution in [1.82, 2.24) is 4.72 Å². The zero-order valence-electron chi connectivity index (χ0n) is 5.03. The summed E-state index contributed by atoms with van der Waals surface area (Å²) in [5.41, 5.74) is 0. The lowest BCUT2D eigenvalue weighted by Gasteiger charge is -1.88. The molecule has 0 rings (SSSR count). The highest BCUT2D eigenvalue weighted by molar-refractivity contribution is 7.77. The predicted octanol–water partition coefficient (Wildman–Crippen LogP) is -0.531. The van der Waals surface area contributed by atoms with E-state index in [0.717, 1.165) is 0 Å². The van der Waals surface area contributed by atoms with Crippen LogP contribution in [0.3, 0.4) is 0 Å². The molecule has 0 fully saturated rings. The van der Waals surface area contributed by atoms with Crippen LogP contribution in [0.25, 0.3) is 0 Å². The summed E-state index contributed by atoms with van der Waals surface area (Å²) in [6.07, 6.45) is 0. The molecule has 1 unspecified atom stereocenters. The first kappa shape index (κ1) is 8.67. The van der Waals surface area contributed by atoms with E-state index < -0.39 is 11.3 Å². The first-order valence-electron chi connectivity index (χ1n) is 2.43. The molecule has 0 saturated heterocycles. The Morgan fingerprint density at radius 2 is 2.33 bits per heavy atom. The van der Waals surface area contributed by atoms with Gasteiger partial charge in [-0.05, 0) is 6.92 Å². The van der Waals surface area contributed by atoms with E-state index in [4.69, 9.17) is 4.55 Å².